The maximum absolute atomic E-state index is 12.8. The summed E-state index contributed by atoms with van der Waals surface area (Å²) in [5.74, 6) is 0.698. The molecule has 2 aliphatic heterocycles. The summed E-state index contributed by atoms with van der Waals surface area (Å²) in [6.45, 7) is 5.64. The summed E-state index contributed by atoms with van der Waals surface area (Å²) < 4.78 is 5.91. The summed E-state index contributed by atoms with van der Waals surface area (Å²) in [4.78, 5) is 25.9. The molecule has 2 aliphatic rings. The lowest BCUT2D eigenvalue weighted by Gasteiger charge is -2.32. The van der Waals surface area contributed by atoms with E-state index in [1.54, 1.807) is 11.1 Å². The molecule has 0 aliphatic carbocycles. The molecule has 0 spiro atoms. The Labute approximate surface area is 158 Å². The number of aromatic nitrogens is 4. The van der Waals surface area contributed by atoms with E-state index in [4.69, 9.17) is 9.72 Å². The molecule has 1 atom stereocenters. The second-order valence-corrected chi connectivity index (χ2v) is 7.11. The molecular weight excluding hydrogens is 344 g/mol. The zero-order chi connectivity index (χ0) is 18.6. The third-order valence-corrected chi connectivity index (χ3v) is 5.11. The lowest BCUT2D eigenvalue weighted by atomic mass is 10.2. The maximum atomic E-state index is 12.8. The number of rotatable bonds is 5. The number of anilines is 1. The van der Waals surface area contributed by atoms with Gasteiger partial charge in [-0.3, -0.25) is 9.89 Å². The van der Waals surface area contributed by atoms with Crippen LogP contribution in [0.4, 0.5) is 5.95 Å². The number of aryl methyl sites for hydroxylation is 1. The van der Waals surface area contributed by atoms with Gasteiger partial charge < -0.3 is 14.5 Å². The number of nitrogens with zero attached hydrogens (tertiary/aromatic N) is 5. The van der Waals surface area contributed by atoms with Crippen molar-refractivity contribution in [1.82, 2.24) is 25.1 Å². The van der Waals surface area contributed by atoms with E-state index in [0.717, 1.165) is 43.3 Å². The molecule has 1 N–H and O–H groups in total. The molecular formula is C19H26N6O2. The average Bonchev–Trinajstić information content (AvgIpc) is 3.40. The highest BCUT2D eigenvalue weighted by atomic mass is 16.5. The minimum Gasteiger partial charge on any atom is -0.368 e. The molecule has 0 bridgehead atoms. The molecule has 0 aromatic carbocycles. The third kappa shape index (κ3) is 3.95. The van der Waals surface area contributed by atoms with E-state index >= 15 is 0 Å². The van der Waals surface area contributed by atoms with Gasteiger partial charge in [-0.1, -0.05) is 13.3 Å². The molecule has 4 heterocycles. The van der Waals surface area contributed by atoms with Crippen molar-refractivity contribution in [3.05, 3.63) is 35.4 Å². The SMILES string of the molecule is CCCc1cc(C(=O)N2CCO[C@H](c3ccnc(N4CCCC4)n3)C2)n[nH]1. The highest BCUT2D eigenvalue weighted by molar-refractivity contribution is 5.92. The van der Waals surface area contributed by atoms with Crippen molar-refractivity contribution < 1.29 is 9.53 Å². The van der Waals surface area contributed by atoms with Crippen LogP contribution >= 0.6 is 0 Å². The Morgan fingerprint density at radius 3 is 3.00 bits per heavy atom. The minimum atomic E-state index is -0.235. The van der Waals surface area contributed by atoms with Crippen LogP contribution in [0.15, 0.2) is 18.3 Å². The third-order valence-electron chi connectivity index (χ3n) is 5.11. The number of carbonyl (C=O) groups excluding carboxylic acids is 1. The van der Waals surface area contributed by atoms with Crippen LogP contribution in [-0.4, -0.2) is 63.8 Å². The highest BCUT2D eigenvalue weighted by Gasteiger charge is 2.29. The fraction of sp³-hybridized carbons (Fsp3) is 0.579. The second kappa shape index (κ2) is 8.04. The average molecular weight is 370 g/mol. The topological polar surface area (TPSA) is 87.2 Å². The van der Waals surface area contributed by atoms with Crippen LogP contribution in [0, 0.1) is 0 Å². The number of hydrogen-bond acceptors (Lipinski definition) is 6. The van der Waals surface area contributed by atoms with Gasteiger partial charge in [-0.05, 0) is 31.4 Å². The van der Waals surface area contributed by atoms with Crippen molar-refractivity contribution >= 4 is 11.9 Å². The van der Waals surface area contributed by atoms with E-state index < -0.39 is 0 Å². The summed E-state index contributed by atoms with van der Waals surface area (Å²) in [7, 11) is 0. The van der Waals surface area contributed by atoms with Crippen LogP contribution in [0.1, 0.15) is 54.2 Å². The summed E-state index contributed by atoms with van der Waals surface area (Å²) >= 11 is 0. The van der Waals surface area contributed by atoms with Crippen LogP contribution in [0.2, 0.25) is 0 Å². The summed E-state index contributed by atoms with van der Waals surface area (Å²) in [6.07, 6.45) is 5.82. The molecule has 8 heteroatoms. The van der Waals surface area contributed by atoms with Gasteiger partial charge in [0.2, 0.25) is 5.95 Å². The Morgan fingerprint density at radius 1 is 1.33 bits per heavy atom. The molecule has 4 rings (SSSR count). The van der Waals surface area contributed by atoms with Crippen LogP contribution in [0.5, 0.6) is 0 Å². The van der Waals surface area contributed by atoms with Crippen molar-refractivity contribution in [3.63, 3.8) is 0 Å². The van der Waals surface area contributed by atoms with Crippen molar-refractivity contribution in [2.24, 2.45) is 0 Å². The maximum Gasteiger partial charge on any atom is 0.274 e. The van der Waals surface area contributed by atoms with Gasteiger partial charge >= 0.3 is 0 Å². The van der Waals surface area contributed by atoms with Crippen LogP contribution in [-0.2, 0) is 11.2 Å². The molecule has 27 heavy (non-hydrogen) atoms. The Balaban J connectivity index is 1.46. The van der Waals surface area contributed by atoms with Gasteiger partial charge in [0, 0.05) is 31.5 Å². The van der Waals surface area contributed by atoms with Gasteiger partial charge in [0.05, 0.1) is 18.8 Å². The smallest absolute Gasteiger partial charge is 0.274 e. The first-order valence-corrected chi connectivity index (χ1v) is 9.77. The molecule has 1 amide bonds. The van der Waals surface area contributed by atoms with Gasteiger partial charge in [-0.25, -0.2) is 9.97 Å². The second-order valence-electron chi connectivity index (χ2n) is 7.11. The molecule has 2 aromatic heterocycles. The van der Waals surface area contributed by atoms with E-state index in [1.165, 1.54) is 12.8 Å². The normalized spacial score (nSPS) is 20.3. The fourth-order valence-electron chi connectivity index (χ4n) is 3.65. The number of H-pyrrole nitrogens is 1. The number of carbonyl (C=O) groups is 1. The van der Waals surface area contributed by atoms with Crippen LogP contribution < -0.4 is 4.90 Å². The Morgan fingerprint density at radius 2 is 2.19 bits per heavy atom. The fourth-order valence-corrected chi connectivity index (χ4v) is 3.65. The van der Waals surface area contributed by atoms with Crippen molar-refractivity contribution in [2.75, 3.05) is 37.7 Å². The van der Waals surface area contributed by atoms with Gasteiger partial charge in [-0.2, -0.15) is 5.10 Å². The Kier molecular flexibility index (Phi) is 5.33. The summed E-state index contributed by atoms with van der Waals surface area (Å²) in [5.41, 5.74) is 2.30. The molecule has 2 aromatic rings. The lowest BCUT2D eigenvalue weighted by Crippen LogP contribution is -2.42. The zero-order valence-corrected chi connectivity index (χ0v) is 15.7. The minimum absolute atomic E-state index is 0.0595. The van der Waals surface area contributed by atoms with Crippen molar-refractivity contribution in [1.29, 1.82) is 0 Å². The standard InChI is InChI=1S/C19H26N6O2/c1-2-5-14-12-16(23-22-14)18(26)25-10-11-27-17(13-25)15-6-7-20-19(21-15)24-8-3-4-9-24/h6-7,12,17H,2-5,8-11,13H2,1H3,(H,22,23)/t17-/m0/s1. The molecule has 0 saturated carbocycles. The van der Waals surface area contributed by atoms with E-state index in [9.17, 15) is 4.79 Å². The quantitative estimate of drug-likeness (QED) is 0.866. The number of nitrogens with one attached hydrogen (secondary N) is 1. The molecule has 2 fully saturated rings. The van der Waals surface area contributed by atoms with E-state index in [2.05, 4.69) is 27.0 Å². The van der Waals surface area contributed by atoms with E-state index in [-0.39, 0.29) is 12.0 Å². The zero-order valence-electron chi connectivity index (χ0n) is 15.7. The predicted molar refractivity (Wildman–Crippen MR) is 101 cm³/mol. The number of aromatic amines is 1. The van der Waals surface area contributed by atoms with Gasteiger partial charge in [-0.15, -0.1) is 0 Å². The summed E-state index contributed by atoms with van der Waals surface area (Å²) in [6, 6.07) is 3.73. The predicted octanol–water partition coefficient (Wildman–Crippen LogP) is 1.97. The first-order valence-electron chi connectivity index (χ1n) is 9.77. The summed E-state index contributed by atoms with van der Waals surface area (Å²) in [5, 5.41) is 7.14. The molecule has 0 radical (unpaired) electrons. The van der Waals surface area contributed by atoms with Gasteiger partial charge in [0.15, 0.2) is 0 Å². The Bertz CT molecular complexity index is 786. The molecule has 0 unspecified atom stereocenters. The first kappa shape index (κ1) is 17.9. The largest absolute Gasteiger partial charge is 0.368 e. The van der Waals surface area contributed by atoms with Crippen molar-refractivity contribution in [2.45, 2.75) is 38.7 Å². The molecule has 2 saturated heterocycles. The van der Waals surface area contributed by atoms with E-state index in [1.807, 2.05) is 12.1 Å². The van der Waals surface area contributed by atoms with Crippen LogP contribution in [0.3, 0.4) is 0 Å². The van der Waals surface area contributed by atoms with Crippen molar-refractivity contribution in [3.8, 4) is 0 Å². The number of morpholine rings is 1. The number of amides is 1. The number of ether oxygens (including phenoxy) is 1. The van der Waals surface area contributed by atoms with Crippen LogP contribution in [0.25, 0.3) is 0 Å². The monoisotopic (exact) mass is 370 g/mol. The Hall–Kier alpha value is -2.48. The van der Waals surface area contributed by atoms with Gasteiger partial charge in [0.25, 0.3) is 5.91 Å². The molecule has 144 valence electrons. The highest BCUT2D eigenvalue weighted by Crippen LogP contribution is 2.24. The lowest BCUT2D eigenvalue weighted by molar-refractivity contribution is -0.0249. The van der Waals surface area contributed by atoms with Gasteiger partial charge in [0.1, 0.15) is 11.8 Å². The number of hydrogen-bond donors (Lipinski definition) is 1. The first-order chi connectivity index (χ1) is 13.2. The van der Waals surface area contributed by atoms with E-state index in [0.29, 0.717) is 25.4 Å². The molecule has 8 nitrogen and oxygen atoms in total.